The highest BCUT2D eigenvalue weighted by Gasteiger charge is 2.14. The Bertz CT molecular complexity index is 1070. The molecule has 0 aliphatic carbocycles. The monoisotopic (exact) mass is 364 g/mol. The quantitative estimate of drug-likeness (QED) is 0.516. The van der Waals surface area contributed by atoms with Crippen LogP contribution in [0.15, 0.2) is 60.9 Å². The third kappa shape index (κ3) is 3.13. The van der Waals surface area contributed by atoms with Crippen LogP contribution in [-0.4, -0.2) is 20.0 Å². The minimum atomic E-state index is -0.254. The van der Waals surface area contributed by atoms with E-state index in [2.05, 4.69) is 15.3 Å². The Balaban J connectivity index is 1.60. The number of aromatic nitrogens is 4. The maximum atomic E-state index is 6.20. The summed E-state index contributed by atoms with van der Waals surface area (Å²) in [7, 11) is 0. The molecule has 26 heavy (non-hydrogen) atoms. The molecule has 1 atom stereocenters. The molecule has 0 N–H and O–H groups in total. The van der Waals surface area contributed by atoms with E-state index in [1.165, 1.54) is 0 Å². The van der Waals surface area contributed by atoms with Crippen molar-refractivity contribution < 1.29 is 4.74 Å². The number of pyridine rings is 1. The molecule has 0 fully saturated rings. The zero-order valence-corrected chi connectivity index (χ0v) is 15.2. The van der Waals surface area contributed by atoms with Gasteiger partial charge in [0.25, 0.3) is 0 Å². The fourth-order valence-corrected chi connectivity index (χ4v) is 2.91. The van der Waals surface area contributed by atoms with E-state index < -0.39 is 0 Å². The van der Waals surface area contributed by atoms with Gasteiger partial charge in [-0.1, -0.05) is 35.0 Å². The first kappa shape index (κ1) is 16.5. The van der Waals surface area contributed by atoms with Gasteiger partial charge in [-0.25, -0.2) is 4.68 Å². The fraction of sp³-hybridized carbons (Fsp3) is 0.150. The first-order chi connectivity index (χ1) is 12.6. The third-order valence-electron chi connectivity index (χ3n) is 4.26. The number of ether oxygens (including phenoxy) is 1. The summed E-state index contributed by atoms with van der Waals surface area (Å²) in [5, 5.41) is 10.1. The summed E-state index contributed by atoms with van der Waals surface area (Å²) in [4.78, 5) is 4.36. The van der Waals surface area contributed by atoms with Gasteiger partial charge in [0.2, 0.25) is 0 Å². The lowest BCUT2D eigenvalue weighted by Gasteiger charge is -2.13. The van der Waals surface area contributed by atoms with E-state index in [0.29, 0.717) is 5.02 Å². The molecular weight excluding hydrogens is 348 g/mol. The Labute approximate surface area is 156 Å². The number of hydrogen-bond donors (Lipinski definition) is 0. The molecule has 2 aromatic heterocycles. The van der Waals surface area contributed by atoms with E-state index >= 15 is 0 Å². The van der Waals surface area contributed by atoms with E-state index in [-0.39, 0.29) is 6.10 Å². The Kier molecular flexibility index (Phi) is 4.31. The minimum absolute atomic E-state index is 0.254. The Hall–Kier alpha value is -2.92. The number of nitrogens with zero attached hydrogens (tertiary/aromatic N) is 4. The van der Waals surface area contributed by atoms with Crippen LogP contribution in [0.2, 0.25) is 5.02 Å². The lowest BCUT2D eigenvalue weighted by molar-refractivity contribution is 0.224. The number of hydrogen-bond acceptors (Lipinski definition) is 4. The van der Waals surface area contributed by atoms with Crippen LogP contribution in [-0.2, 0) is 0 Å². The van der Waals surface area contributed by atoms with E-state index in [4.69, 9.17) is 16.3 Å². The molecule has 0 spiro atoms. The fourth-order valence-electron chi connectivity index (χ4n) is 2.74. The molecule has 5 nitrogen and oxygen atoms in total. The molecule has 1 unspecified atom stereocenters. The Morgan fingerprint density at radius 1 is 1.12 bits per heavy atom. The Morgan fingerprint density at radius 2 is 1.96 bits per heavy atom. The van der Waals surface area contributed by atoms with Gasteiger partial charge < -0.3 is 4.74 Å². The molecule has 4 aromatic rings. The molecule has 2 aromatic carbocycles. The number of aryl methyl sites for hydroxylation is 1. The van der Waals surface area contributed by atoms with Crippen LogP contribution < -0.4 is 4.74 Å². The first-order valence-corrected chi connectivity index (χ1v) is 8.69. The number of halogens is 1. The van der Waals surface area contributed by atoms with Crippen LogP contribution >= 0.6 is 11.6 Å². The molecule has 6 heteroatoms. The summed E-state index contributed by atoms with van der Waals surface area (Å²) in [5.74, 6) is 0.774. The topological polar surface area (TPSA) is 52.8 Å². The molecular formula is C20H17ClN4O. The molecule has 0 saturated carbocycles. The van der Waals surface area contributed by atoms with Crippen LogP contribution in [0.4, 0.5) is 0 Å². The summed E-state index contributed by atoms with van der Waals surface area (Å²) in [6, 6.07) is 15.5. The average Bonchev–Trinajstić information content (AvgIpc) is 3.15. The molecule has 0 aliphatic rings. The molecule has 0 amide bonds. The predicted octanol–water partition coefficient (Wildman–Crippen LogP) is 4.92. The molecule has 130 valence electrons. The smallest absolute Gasteiger partial charge is 0.141 e. The molecule has 0 saturated heterocycles. The van der Waals surface area contributed by atoms with Crippen molar-refractivity contribution in [3.05, 3.63) is 77.2 Å². The van der Waals surface area contributed by atoms with Crippen molar-refractivity contribution in [2.75, 3.05) is 0 Å². The second-order valence-corrected chi connectivity index (χ2v) is 6.51. The summed E-state index contributed by atoms with van der Waals surface area (Å²) < 4.78 is 7.82. The minimum Gasteiger partial charge on any atom is -0.484 e. The lowest BCUT2D eigenvalue weighted by atomic mass is 10.2. The van der Waals surface area contributed by atoms with Gasteiger partial charge in [-0.05, 0) is 49.7 Å². The number of benzene rings is 2. The van der Waals surface area contributed by atoms with Gasteiger partial charge in [0.15, 0.2) is 0 Å². The van der Waals surface area contributed by atoms with Crippen LogP contribution in [0.5, 0.6) is 5.75 Å². The first-order valence-electron chi connectivity index (χ1n) is 8.31. The van der Waals surface area contributed by atoms with Crippen LogP contribution in [0.1, 0.15) is 24.3 Å². The highest BCUT2D eigenvalue weighted by molar-refractivity contribution is 6.31. The average molecular weight is 365 g/mol. The van der Waals surface area contributed by atoms with Crippen LogP contribution in [0.25, 0.3) is 16.6 Å². The van der Waals surface area contributed by atoms with Crippen molar-refractivity contribution in [3.8, 4) is 11.4 Å². The van der Waals surface area contributed by atoms with Gasteiger partial charge in [-0.3, -0.25) is 4.98 Å². The van der Waals surface area contributed by atoms with E-state index in [0.717, 1.165) is 33.6 Å². The molecule has 0 aliphatic heterocycles. The third-order valence-corrected chi connectivity index (χ3v) is 4.67. The normalized spacial score (nSPS) is 12.3. The number of para-hydroxylation sites is 1. The van der Waals surface area contributed by atoms with Gasteiger partial charge in [-0.2, -0.15) is 0 Å². The Morgan fingerprint density at radius 3 is 2.81 bits per heavy atom. The van der Waals surface area contributed by atoms with Gasteiger partial charge >= 0.3 is 0 Å². The van der Waals surface area contributed by atoms with Crippen molar-refractivity contribution in [2.24, 2.45) is 0 Å². The van der Waals surface area contributed by atoms with E-state index in [1.54, 1.807) is 10.9 Å². The second kappa shape index (κ2) is 6.77. The van der Waals surface area contributed by atoms with Crippen LogP contribution in [0, 0.1) is 6.92 Å². The van der Waals surface area contributed by atoms with Crippen molar-refractivity contribution in [3.63, 3.8) is 0 Å². The molecule has 4 rings (SSSR count). The van der Waals surface area contributed by atoms with Crippen molar-refractivity contribution >= 4 is 22.5 Å². The summed E-state index contributed by atoms with van der Waals surface area (Å²) in [5.41, 5.74) is 3.52. The number of rotatable bonds is 4. The van der Waals surface area contributed by atoms with Crippen LogP contribution in [0.3, 0.4) is 0 Å². The zero-order valence-electron chi connectivity index (χ0n) is 14.4. The molecule has 2 heterocycles. The van der Waals surface area contributed by atoms with Gasteiger partial charge in [0.1, 0.15) is 17.5 Å². The summed E-state index contributed by atoms with van der Waals surface area (Å²) in [6.07, 6.45) is 3.35. The largest absolute Gasteiger partial charge is 0.484 e. The summed E-state index contributed by atoms with van der Waals surface area (Å²) >= 11 is 6.20. The van der Waals surface area contributed by atoms with E-state index in [1.807, 2.05) is 68.6 Å². The van der Waals surface area contributed by atoms with Crippen molar-refractivity contribution in [2.45, 2.75) is 20.0 Å². The SMILES string of the molecule is Cc1ccc(-n2cc(C(C)Oc3ccnc4ccccc34)nn2)cc1Cl. The zero-order chi connectivity index (χ0) is 18.1. The van der Waals surface area contributed by atoms with Gasteiger partial charge in [-0.15, -0.1) is 5.10 Å². The van der Waals surface area contributed by atoms with Crippen molar-refractivity contribution in [1.82, 2.24) is 20.0 Å². The maximum absolute atomic E-state index is 6.20. The lowest BCUT2D eigenvalue weighted by Crippen LogP contribution is -2.04. The summed E-state index contributed by atoms with van der Waals surface area (Å²) in [6.45, 7) is 3.92. The second-order valence-electron chi connectivity index (χ2n) is 6.11. The van der Waals surface area contributed by atoms with E-state index in [9.17, 15) is 0 Å². The molecule has 0 radical (unpaired) electrons. The van der Waals surface area contributed by atoms with Crippen molar-refractivity contribution in [1.29, 1.82) is 0 Å². The molecule has 0 bridgehead atoms. The van der Waals surface area contributed by atoms with Gasteiger partial charge in [0, 0.05) is 16.6 Å². The number of fused-ring (bicyclic) bond motifs is 1. The predicted molar refractivity (Wildman–Crippen MR) is 102 cm³/mol. The standard InChI is InChI=1S/C20H17ClN4O/c1-13-7-8-15(11-17(13)21)25-12-19(23-24-25)14(2)26-20-9-10-22-18-6-4-3-5-16(18)20/h3-12,14H,1-2H3. The maximum Gasteiger partial charge on any atom is 0.141 e. The van der Waals surface area contributed by atoms with Gasteiger partial charge in [0.05, 0.1) is 17.4 Å². The highest BCUT2D eigenvalue weighted by Crippen LogP contribution is 2.28. The highest BCUT2D eigenvalue weighted by atomic mass is 35.5.